The Balaban J connectivity index is 0.00000144. The van der Waals surface area contributed by atoms with Crippen LogP contribution in [0.25, 0.3) is 0 Å². The molecule has 1 heterocycles. The molecule has 2 amide bonds. The van der Waals surface area contributed by atoms with Gasteiger partial charge < -0.3 is 11.5 Å². The van der Waals surface area contributed by atoms with Gasteiger partial charge in [0, 0.05) is 6.20 Å². The van der Waals surface area contributed by atoms with Crippen molar-refractivity contribution < 1.29 is 9.59 Å². The number of carbonyl (C=O) groups is 2. The topological polar surface area (TPSA) is 99.1 Å². The van der Waals surface area contributed by atoms with Gasteiger partial charge in [-0.05, 0) is 12.1 Å². The maximum atomic E-state index is 10.5. The Morgan fingerprint density at radius 2 is 1.77 bits per heavy atom. The fraction of sp³-hybridized carbons (Fsp3) is 0. The quantitative estimate of drug-likeness (QED) is 0.687. The number of carbonyl (C=O) groups excluding carboxylic acids is 2. The fourth-order valence-electron chi connectivity index (χ4n) is 0.685. The van der Waals surface area contributed by atoms with Crippen LogP contribution in [0.2, 0.25) is 0 Å². The molecule has 0 atom stereocenters. The summed E-state index contributed by atoms with van der Waals surface area (Å²) in [5, 5.41) is 0. The van der Waals surface area contributed by atoms with E-state index in [4.69, 9.17) is 11.5 Å². The van der Waals surface area contributed by atoms with Crippen molar-refractivity contribution in [2.45, 2.75) is 0 Å². The van der Waals surface area contributed by atoms with Crippen LogP contribution in [0.15, 0.2) is 18.3 Å². The van der Waals surface area contributed by atoms with Gasteiger partial charge in [-0.2, -0.15) is 0 Å². The third-order valence-corrected chi connectivity index (χ3v) is 1.30. The average Bonchev–Trinajstić information content (AvgIpc) is 2.04. The number of pyridine rings is 1. The molecule has 0 aliphatic carbocycles. The smallest absolute Gasteiger partial charge is 0.267 e. The van der Waals surface area contributed by atoms with Crippen molar-refractivity contribution in [2.24, 2.45) is 11.5 Å². The molecule has 13 heavy (non-hydrogen) atoms. The standard InChI is InChI=1S/C7H7N3O2.ClH/c8-6(11)4-1-2-5(7(9)12)10-3-4;/h1-3H,(H2,8,11)(H2,9,12);1H. The van der Waals surface area contributed by atoms with Gasteiger partial charge >= 0.3 is 0 Å². The SMILES string of the molecule is Cl.NC(=O)c1ccc(C(N)=O)nc1. The molecule has 0 aliphatic rings. The van der Waals surface area contributed by atoms with Crippen LogP contribution in [0.3, 0.4) is 0 Å². The van der Waals surface area contributed by atoms with Crippen LogP contribution >= 0.6 is 12.4 Å². The monoisotopic (exact) mass is 201 g/mol. The van der Waals surface area contributed by atoms with E-state index in [1.807, 2.05) is 0 Å². The lowest BCUT2D eigenvalue weighted by Gasteiger charge is -1.95. The number of primary amides is 2. The van der Waals surface area contributed by atoms with Crippen LogP contribution in [0.1, 0.15) is 20.8 Å². The number of nitrogens with two attached hydrogens (primary N) is 2. The molecule has 1 rings (SSSR count). The van der Waals surface area contributed by atoms with Gasteiger partial charge in [0.15, 0.2) is 0 Å². The minimum atomic E-state index is -0.633. The van der Waals surface area contributed by atoms with E-state index in [1.54, 1.807) is 0 Å². The highest BCUT2D eigenvalue weighted by molar-refractivity contribution is 5.94. The van der Waals surface area contributed by atoms with Crippen LogP contribution in [0.5, 0.6) is 0 Å². The predicted molar refractivity (Wildman–Crippen MR) is 48.5 cm³/mol. The third-order valence-electron chi connectivity index (χ3n) is 1.30. The number of amides is 2. The van der Waals surface area contributed by atoms with Crippen LogP contribution in [-0.2, 0) is 0 Å². The highest BCUT2D eigenvalue weighted by Crippen LogP contribution is 1.97. The number of rotatable bonds is 2. The van der Waals surface area contributed by atoms with Crippen molar-refractivity contribution in [3.05, 3.63) is 29.6 Å². The Bertz CT molecular complexity index is 290. The van der Waals surface area contributed by atoms with Gasteiger partial charge in [0.2, 0.25) is 5.91 Å². The van der Waals surface area contributed by atoms with E-state index >= 15 is 0 Å². The molecule has 0 aromatic carbocycles. The van der Waals surface area contributed by atoms with Crippen LogP contribution in [0, 0.1) is 0 Å². The zero-order valence-electron chi connectivity index (χ0n) is 6.56. The molecular formula is C7H8ClN3O2. The van der Waals surface area contributed by atoms with Crippen LogP contribution in [-0.4, -0.2) is 16.8 Å². The Morgan fingerprint density at radius 1 is 1.15 bits per heavy atom. The van der Waals surface area contributed by atoms with E-state index in [9.17, 15) is 9.59 Å². The van der Waals surface area contributed by atoms with Gasteiger partial charge in [-0.25, -0.2) is 0 Å². The average molecular weight is 202 g/mol. The van der Waals surface area contributed by atoms with Crippen molar-refractivity contribution in [3.63, 3.8) is 0 Å². The lowest BCUT2D eigenvalue weighted by atomic mass is 10.2. The lowest BCUT2D eigenvalue weighted by Crippen LogP contribution is -2.15. The zero-order valence-corrected chi connectivity index (χ0v) is 7.38. The maximum absolute atomic E-state index is 10.5. The van der Waals surface area contributed by atoms with Gasteiger partial charge in [-0.15, -0.1) is 12.4 Å². The fourth-order valence-corrected chi connectivity index (χ4v) is 0.685. The molecule has 6 heteroatoms. The first kappa shape index (κ1) is 11.4. The minimum Gasteiger partial charge on any atom is -0.366 e. The molecule has 0 aliphatic heterocycles. The molecular weight excluding hydrogens is 194 g/mol. The van der Waals surface area contributed by atoms with E-state index in [0.717, 1.165) is 0 Å². The van der Waals surface area contributed by atoms with Crippen LogP contribution in [0.4, 0.5) is 0 Å². The van der Waals surface area contributed by atoms with Gasteiger partial charge in [-0.3, -0.25) is 14.6 Å². The summed E-state index contributed by atoms with van der Waals surface area (Å²) in [6.07, 6.45) is 1.21. The largest absolute Gasteiger partial charge is 0.366 e. The highest BCUT2D eigenvalue weighted by atomic mass is 35.5. The Hall–Kier alpha value is -1.62. The van der Waals surface area contributed by atoms with E-state index < -0.39 is 11.8 Å². The molecule has 0 saturated heterocycles. The summed E-state index contributed by atoms with van der Waals surface area (Å²) >= 11 is 0. The molecule has 0 saturated carbocycles. The summed E-state index contributed by atoms with van der Waals surface area (Å²) in [4.78, 5) is 24.7. The molecule has 5 nitrogen and oxygen atoms in total. The van der Waals surface area contributed by atoms with Gasteiger partial charge in [0.05, 0.1) is 5.56 Å². The first-order valence-electron chi connectivity index (χ1n) is 3.17. The molecule has 0 unspecified atom stereocenters. The summed E-state index contributed by atoms with van der Waals surface area (Å²) < 4.78 is 0. The van der Waals surface area contributed by atoms with E-state index in [2.05, 4.69) is 4.98 Å². The third kappa shape index (κ3) is 2.72. The first-order chi connectivity index (χ1) is 5.61. The second-order valence-corrected chi connectivity index (χ2v) is 2.16. The molecule has 4 N–H and O–H groups in total. The highest BCUT2D eigenvalue weighted by Gasteiger charge is 2.03. The summed E-state index contributed by atoms with van der Waals surface area (Å²) in [6.45, 7) is 0. The minimum absolute atomic E-state index is 0. The maximum Gasteiger partial charge on any atom is 0.267 e. The number of halogens is 1. The molecule has 0 bridgehead atoms. The molecule has 0 radical (unpaired) electrons. The number of aromatic nitrogens is 1. The molecule has 0 spiro atoms. The van der Waals surface area contributed by atoms with Crippen molar-refractivity contribution in [1.82, 2.24) is 4.98 Å². The first-order valence-corrected chi connectivity index (χ1v) is 3.17. The normalized spacial score (nSPS) is 8.62. The van der Waals surface area contributed by atoms with Crippen molar-refractivity contribution >= 4 is 24.2 Å². The summed E-state index contributed by atoms with van der Waals surface area (Å²) in [5.41, 5.74) is 10.2. The van der Waals surface area contributed by atoms with Gasteiger partial charge in [-0.1, -0.05) is 0 Å². The Morgan fingerprint density at radius 3 is 2.08 bits per heavy atom. The number of nitrogens with zero attached hydrogens (tertiary/aromatic N) is 1. The second-order valence-electron chi connectivity index (χ2n) is 2.16. The summed E-state index contributed by atoms with van der Waals surface area (Å²) in [5.74, 6) is -1.22. The molecule has 0 fully saturated rings. The predicted octanol–water partition coefficient (Wildman–Crippen LogP) is -0.299. The molecule has 1 aromatic rings. The van der Waals surface area contributed by atoms with E-state index in [0.29, 0.717) is 0 Å². The Kier molecular flexibility index (Phi) is 3.87. The van der Waals surface area contributed by atoms with Gasteiger partial charge in [0.1, 0.15) is 5.69 Å². The molecule has 70 valence electrons. The zero-order chi connectivity index (χ0) is 9.14. The van der Waals surface area contributed by atoms with Crippen LogP contribution < -0.4 is 11.5 Å². The van der Waals surface area contributed by atoms with Crippen molar-refractivity contribution in [2.75, 3.05) is 0 Å². The summed E-state index contributed by atoms with van der Waals surface area (Å²) in [6, 6.07) is 2.75. The number of hydrogen-bond acceptors (Lipinski definition) is 3. The van der Waals surface area contributed by atoms with Crippen molar-refractivity contribution in [1.29, 1.82) is 0 Å². The summed E-state index contributed by atoms with van der Waals surface area (Å²) in [7, 11) is 0. The van der Waals surface area contributed by atoms with Gasteiger partial charge in [0.25, 0.3) is 5.91 Å². The number of hydrogen-bond donors (Lipinski definition) is 2. The van der Waals surface area contributed by atoms with E-state index in [1.165, 1.54) is 18.3 Å². The molecule has 1 aromatic heterocycles. The van der Waals surface area contributed by atoms with Crippen molar-refractivity contribution in [3.8, 4) is 0 Å². The lowest BCUT2D eigenvalue weighted by molar-refractivity contribution is 0.0984. The Labute approximate surface area is 80.5 Å². The van der Waals surface area contributed by atoms with E-state index in [-0.39, 0.29) is 23.7 Å². The second kappa shape index (κ2) is 4.42.